The molecule has 1 aromatic carbocycles. The van der Waals surface area contributed by atoms with Crippen LogP contribution < -0.4 is 0 Å². The van der Waals surface area contributed by atoms with Crippen molar-refractivity contribution in [2.24, 2.45) is 17.8 Å². The molecule has 2 rings (SSSR count). The van der Waals surface area contributed by atoms with Gasteiger partial charge >= 0.3 is 5.97 Å². The molecule has 1 aliphatic rings. The zero-order chi connectivity index (χ0) is 17.7. The van der Waals surface area contributed by atoms with Gasteiger partial charge in [0.25, 0.3) is 0 Å². The molecule has 0 radical (unpaired) electrons. The number of esters is 1. The molecule has 1 saturated carbocycles. The van der Waals surface area contributed by atoms with Crippen molar-refractivity contribution >= 4 is 11.8 Å². The highest BCUT2D eigenvalue weighted by Crippen LogP contribution is 2.36. The first-order chi connectivity index (χ1) is 11.4. The second-order valence-corrected chi connectivity index (χ2v) is 6.11. The second-order valence-electron chi connectivity index (χ2n) is 6.11. The van der Waals surface area contributed by atoms with Crippen LogP contribution in [-0.4, -0.2) is 23.2 Å². The summed E-state index contributed by atoms with van der Waals surface area (Å²) >= 11 is 0. The molecule has 7 heteroatoms. The summed E-state index contributed by atoms with van der Waals surface area (Å²) in [7, 11) is 0. The van der Waals surface area contributed by atoms with Crippen LogP contribution in [0.2, 0.25) is 0 Å². The average Bonchev–Trinajstić information content (AvgIpc) is 2.80. The minimum Gasteiger partial charge on any atom is -0.461 e. The number of carbonyl (C=O) groups is 2. The van der Waals surface area contributed by atoms with Gasteiger partial charge in [0.15, 0.2) is 0 Å². The summed E-state index contributed by atoms with van der Waals surface area (Å²) in [6, 6.07) is 8.61. The molecule has 24 heavy (non-hydrogen) atoms. The number of nitriles is 1. The second kappa shape index (κ2) is 7.68. The molecule has 3 atom stereocenters. The minimum atomic E-state index is -0.640. The molecular weight excluding hydrogens is 312 g/mol. The Morgan fingerprint density at radius 2 is 2.08 bits per heavy atom. The van der Waals surface area contributed by atoms with Gasteiger partial charge in [-0.05, 0) is 23.6 Å². The summed E-state index contributed by atoms with van der Waals surface area (Å²) in [5.41, 5.74) is 1.24. The lowest BCUT2D eigenvalue weighted by Gasteiger charge is -2.17. The van der Waals surface area contributed by atoms with Crippen molar-refractivity contribution in [3.8, 4) is 6.07 Å². The molecule has 0 N–H and O–H groups in total. The van der Waals surface area contributed by atoms with Crippen molar-refractivity contribution in [2.45, 2.75) is 26.4 Å². The van der Waals surface area contributed by atoms with Gasteiger partial charge in [0.05, 0.1) is 18.1 Å². The van der Waals surface area contributed by atoms with E-state index in [-0.39, 0.29) is 37.7 Å². The fourth-order valence-electron chi connectivity index (χ4n) is 3.08. The van der Waals surface area contributed by atoms with E-state index in [1.165, 1.54) is 0 Å². The molecular formula is C17H18N2O5. The Morgan fingerprint density at radius 3 is 2.67 bits per heavy atom. The molecule has 0 aromatic heterocycles. The van der Waals surface area contributed by atoms with Gasteiger partial charge in [-0.1, -0.05) is 19.1 Å². The zero-order valence-electron chi connectivity index (χ0n) is 13.3. The van der Waals surface area contributed by atoms with Crippen molar-refractivity contribution in [3.05, 3.63) is 45.5 Å². The predicted molar refractivity (Wildman–Crippen MR) is 83.2 cm³/mol. The largest absolute Gasteiger partial charge is 0.461 e. The van der Waals surface area contributed by atoms with Crippen LogP contribution in [0.4, 0.5) is 0 Å². The van der Waals surface area contributed by atoms with Gasteiger partial charge < -0.3 is 4.74 Å². The Hall–Kier alpha value is -2.75. The molecule has 0 saturated heterocycles. The number of hydrogen-bond acceptors (Lipinski definition) is 6. The number of nitrogens with zero attached hydrogens (tertiary/aromatic N) is 2. The fraction of sp³-hybridized carbons (Fsp3) is 0.471. The Labute approximate surface area is 139 Å². The highest BCUT2D eigenvalue weighted by molar-refractivity contribution is 5.87. The molecule has 1 aromatic rings. The maximum absolute atomic E-state index is 12.0. The average molecular weight is 330 g/mol. The fourth-order valence-corrected chi connectivity index (χ4v) is 3.08. The molecule has 0 unspecified atom stereocenters. The van der Waals surface area contributed by atoms with Gasteiger partial charge in [0.2, 0.25) is 6.54 Å². The third-order valence-corrected chi connectivity index (χ3v) is 4.41. The van der Waals surface area contributed by atoms with Crippen molar-refractivity contribution in [1.29, 1.82) is 5.26 Å². The van der Waals surface area contributed by atoms with E-state index in [1.807, 2.05) is 6.07 Å². The zero-order valence-corrected chi connectivity index (χ0v) is 13.3. The SMILES string of the molecule is C[C@@H]1CC(=O)[C@@H](CC(=O)OCc2ccc(C#N)cc2)[C@@H]1C[N+](=O)[O-]. The third kappa shape index (κ3) is 4.38. The predicted octanol–water partition coefficient (Wildman–Crippen LogP) is 2.11. The lowest BCUT2D eigenvalue weighted by molar-refractivity contribution is -0.490. The number of benzene rings is 1. The molecule has 1 aliphatic carbocycles. The summed E-state index contributed by atoms with van der Waals surface area (Å²) in [5.74, 6) is -1.81. The van der Waals surface area contributed by atoms with E-state index in [0.29, 0.717) is 5.56 Å². The van der Waals surface area contributed by atoms with E-state index in [4.69, 9.17) is 10.00 Å². The summed E-state index contributed by atoms with van der Waals surface area (Å²) in [6.07, 6.45) is 0.143. The topological polar surface area (TPSA) is 110 Å². The smallest absolute Gasteiger partial charge is 0.306 e. The highest BCUT2D eigenvalue weighted by atomic mass is 16.6. The van der Waals surface area contributed by atoms with Gasteiger partial charge in [-0.3, -0.25) is 19.7 Å². The number of nitro groups is 1. The van der Waals surface area contributed by atoms with Crippen LogP contribution in [-0.2, 0) is 20.9 Å². The third-order valence-electron chi connectivity index (χ3n) is 4.41. The van der Waals surface area contributed by atoms with Gasteiger partial charge in [-0.25, -0.2) is 0 Å². The van der Waals surface area contributed by atoms with Crippen molar-refractivity contribution in [3.63, 3.8) is 0 Å². The summed E-state index contributed by atoms with van der Waals surface area (Å²) < 4.78 is 5.16. The maximum atomic E-state index is 12.0. The number of carbonyl (C=O) groups excluding carboxylic acids is 2. The molecule has 7 nitrogen and oxygen atoms in total. The maximum Gasteiger partial charge on any atom is 0.306 e. The van der Waals surface area contributed by atoms with E-state index in [2.05, 4.69) is 0 Å². The van der Waals surface area contributed by atoms with Gasteiger partial charge in [0.1, 0.15) is 12.4 Å². The first-order valence-electron chi connectivity index (χ1n) is 7.70. The summed E-state index contributed by atoms with van der Waals surface area (Å²) in [4.78, 5) is 34.3. The van der Waals surface area contributed by atoms with Crippen molar-refractivity contribution < 1.29 is 19.2 Å². The highest BCUT2D eigenvalue weighted by Gasteiger charge is 2.43. The molecule has 0 bridgehead atoms. The summed E-state index contributed by atoms with van der Waals surface area (Å²) in [5, 5.41) is 19.5. The number of rotatable bonds is 6. The van der Waals surface area contributed by atoms with Crippen LogP contribution in [0.1, 0.15) is 30.9 Å². The summed E-state index contributed by atoms with van der Waals surface area (Å²) in [6.45, 7) is 1.54. The van der Waals surface area contributed by atoms with Crippen molar-refractivity contribution in [1.82, 2.24) is 0 Å². The molecule has 0 heterocycles. The molecule has 1 fully saturated rings. The van der Waals surface area contributed by atoms with E-state index in [1.54, 1.807) is 31.2 Å². The van der Waals surface area contributed by atoms with E-state index in [0.717, 1.165) is 5.56 Å². The molecule has 0 aliphatic heterocycles. The molecule has 0 amide bonds. The Bertz CT molecular complexity index is 677. The number of Topliss-reactive ketones (excluding diaryl/α,β-unsaturated/α-hetero) is 1. The van der Waals surface area contributed by atoms with Crippen LogP contribution >= 0.6 is 0 Å². The Balaban J connectivity index is 1.91. The van der Waals surface area contributed by atoms with E-state index in [9.17, 15) is 19.7 Å². The monoisotopic (exact) mass is 330 g/mol. The van der Waals surface area contributed by atoms with Gasteiger partial charge in [-0.15, -0.1) is 0 Å². The van der Waals surface area contributed by atoms with E-state index >= 15 is 0 Å². The van der Waals surface area contributed by atoms with Crippen LogP contribution in [0.25, 0.3) is 0 Å². The number of ketones is 1. The first-order valence-corrected chi connectivity index (χ1v) is 7.70. The van der Waals surface area contributed by atoms with Gasteiger partial charge in [0, 0.05) is 23.2 Å². The lowest BCUT2D eigenvalue weighted by Crippen LogP contribution is -2.27. The lowest BCUT2D eigenvalue weighted by atomic mass is 9.88. The quantitative estimate of drug-likeness (QED) is 0.449. The first kappa shape index (κ1) is 17.6. The molecule has 0 spiro atoms. The Morgan fingerprint density at radius 1 is 1.42 bits per heavy atom. The van der Waals surface area contributed by atoms with E-state index < -0.39 is 22.7 Å². The Kier molecular flexibility index (Phi) is 5.64. The van der Waals surface area contributed by atoms with Crippen LogP contribution in [0, 0.1) is 39.2 Å². The standard InChI is InChI=1S/C17H18N2O5/c1-11-6-16(20)14(15(11)9-19(22)23)7-17(21)24-10-13-4-2-12(8-18)3-5-13/h2-5,11,14-15H,6-7,9-10H2,1H3/t11-,14+,15-/m1/s1. The van der Waals surface area contributed by atoms with Crippen LogP contribution in [0.15, 0.2) is 24.3 Å². The van der Waals surface area contributed by atoms with Crippen LogP contribution in [0.3, 0.4) is 0 Å². The van der Waals surface area contributed by atoms with Gasteiger partial charge in [-0.2, -0.15) is 5.26 Å². The normalized spacial score (nSPS) is 22.8. The number of ether oxygens (including phenoxy) is 1. The minimum absolute atomic E-state index is 0.0426. The van der Waals surface area contributed by atoms with Crippen molar-refractivity contribution in [2.75, 3.05) is 6.54 Å². The van der Waals surface area contributed by atoms with Crippen LogP contribution in [0.5, 0.6) is 0 Å². The molecule has 126 valence electrons. The number of hydrogen-bond donors (Lipinski definition) is 0.